The smallest absolute Gasteiger partial charge is 0.310 e. The molecule has 32 heavy (non-hydrogen) atoms. The van der Waals surface area contributed by atoms with E-state index in [-0.39, 0.29) is 36.2 Å². The summed E-state index contributed by atoms with van der Waals surface area (Å²) >= 11 is 7.59. The lowest BCUT2D eigenvalue weighted by molar-refractivity contribution is -0.153. The first-order valence-corrected chi connectivity index (χ1v) is 12.5. The SMILES string of the molecule is CCOC(=O)[C@@H]1[C@@H]2CCC3(S2)C(C(=O)Nc2ccc(Cl)cc2)N(CCCCCO)C(=O)[C@H]13. The van der Waals surface area contributed by atoms with Gasteiger partial charge in [0.25, 0.3) is 0 Å². The van der Waals surface area contributed by atoms with E-state index in [2.05, 4.69) is 5.32 Å². The van der Waals surface area contributed by atoms with Crippen molar-refractivity contribution in [2.75, 3.05) is 25.1 Å². The molecular weight excluding hydrogens is 452 g/mol. The average Bonchev–Trinajstić information content (AvgIpc) is 3.40. The van der Waals surface area contributed by atoms with Gasteiger partial charge < -0.3 is 20.1 Å². The van der Waals surface area contributed by atoms with E-state index >= 15 is 0 Å². The molecule has 2 amide bonds. The second-order valence-corrected chi connectivity index (χ2v) is 10.7. The Hall–Kier alpha value is -1.77. The van der Waals surface area contributed by atoms with Gasteiger partial charge in [-0.05, 0) is 63.3 Å². The van der Waals surface area contributed by atoms with Crippen LogP contribution in [0.5, 0.6) is 0 Å². The van der Waals surface area contributed by atoms with Crippen molar-refractivity contribution in [3.63, 3.8) is 0 Å². The number of hydrogen-bond acceptors (Lipinski definition) is 6. The fourth-order valence-electron chi connectivity index (χ4n) is 5.51. The minimum Gasteiger partial charge on any atom is -0.466 e. The van der Waals surface area contributed by atoms with Crippen LogP contribution in [0.4, 0.5) is 5.69 Å². The van der Waals surface area contributed by atoms with E-state index in [0.29, 0.717) is 30.1 Å². The van der Waals surface area contributed by atoms with E-state index < -0.39 is 22.6 Å². The number of benzene rings is 1. The molecule has 3 fully saturated rings. The number of fused-ring (bicyclic) bond motifs is 1. The van der Waals surface area contributed by atoms with Crippen LogP contribution < -0.4 is 5.32 Å². The van der Waals surface area contributed by atoms with Crippen LogP contribution in [0, 0.1) is 11.8 Å². The zero-order chi connectivity index (χ0) is 22.9. The molecule has 2 N–H and O–H groups in total. The number of hydrogen-bond donors (Lipinski definition) is 2. The molecule has 9 heteroatoms. The lowest BCUT2D eigenvalue weighted by Crippen LogP contribution is -2.51. The highest BCUT2D eigenvalue weighted by atomic mass is 35.5. The van der Waals surface area contributed by atoms with Crippen molar-refractivity contribution >= 4 is 46.8 Å². The molecule has 3 saturated heterocycles. The normalized spacial score (nSPS) is 30.5. The van der Waals surface area contributed by atoms with Crippen molar-refractivity contribution in [1.29, 1.82) is 0 Å². The minimum absolute atomic E-state index is 0.00497. The van der Waals surface area contributed by atoms with Crippen molar-refractivity contribution in [3.05, 3.63) is 29.3 Å². The number of unbranched alkanes of at least 4 members (excludes halogenated alkanes) is 2. The molecule has 0 radical (unpaired) electrons. The van der Waals surface area contributed by atoms with Gasteiger partial charge in [-0.2, -0.15) is 0 Å². The molecule has 7 nitrogen and oxygen atoms in total. The van der Waals surface area contributed by atoms with Gasteiger partial charge in [0.05, 0.1) is 23.2 Å². The number of anilines is 1. The Morgan fingerprint density at radius 2 is 2.03 bits per heavy atom. The first-order chi connectivity index (χ1) is 15.4. The topological polar surface area (TPSA) is 95.9 Å². The first kappa shape index (κ1) is 23.4. The summed E-state index contributed by atoms with van der Waals surface area (Å²) in [5.41, 5.74) is 0.617. The van der Waals surface area contributed by atoms with Gasteiger partial charge in [-0.15, -0.1) is 11.8 Å². The van der Waals surface area contributed by atoms with Crippen LogP contribution in [0.2, 0.25) is 5.02 Å². The quantitative estimate of drug-likeness (QED) is 0.416. The minimum atomic E-state index is -0.653. The Morgan fingerprint density at radius 3 is 2.72 bits per heavy atom. The number of halogens is 1. The van der Waals surface area contributed by atoms with Crippen LogP contribution in [0.15, 0.2) is 24.3 Å². The molecule has 0 aliphatic carbocycles. The lowest BCUT2D eigenvalue weighted by Gasteiger charge is -2.34. The fraction of sp³-hybridized carbons (Fsp3) is 0.609. The van der Waals surface area contributed by atoms with Crippen molar-refractivity contribution in [2.45, 2.75) is 55.1 Å². The third kappa shape index (κ3) is 4.01. The number of nitrogens with one attached hydrogen (secondary N) is 1. The molecule has 1 aromatic carbocycles. The van der Waals surface area contributed by atoms with Gasteiger partial charge >= 0.3 is 5.97 Å². The maximum absolute atomic E-state index is 13.6. The molecule has 3 heterocycles. The highest BCUT2D eigenvalue weighted by molar-refractivity contribution is 8.02. The summed E-state index contributed by atoms with van der Waals surface area (Å²) in [5, 5.41) is 12.6. The van der Waals surface area contributed by atoms with Crippen molar-refractivity contribution in [1.82, 2.24) is 4.90 Å². The number of carbonyl (C=O) groups excluding carboxylic acids is 3. The summed E-state index contributed by atoms with van der Waals surface area (Å²) in [6.07, 6.45) is 3.63. The third-order valence-corrected chi connectivity index (χ3v) is 8.98. The predicted molar refractivity (Wildman–Crippen MR) is 123 cm³/mol. The second-order valence-electron chi connectivity index (χ2n) is 8.62. The van der Waals surface area contributed by atoms with Crippen LogP contribution in [-0.4, -0.2) is 63.6 Å². The van der Waals surface area contributed by atoms with Gasteiger partial charge in [0.2, 0.25) is 11.8 Å². The van der Waals surface area contributed by atoms with Crippen LogP contribution in [0.3, 0.4) is 0 Å². The van der Waals surface area contributed by atoms with Gasteiger partial charge in [-0.1, -0.05) is 11.6 Å². The van der Waals surface area contributed by atoms with Crippen molar-refractivity contribution in [3.8, 4) is 0 Å². The van der Waals surface area contributed by atoms with E-state index in [1.165, 1.54) is 0 Å². The third-order valence-electron chi connectivity index (χ3n) is 6.78. The number of ether oxygens (including phenoxy) is 1. The van der Waals surface area contributed by atoms with Crippen molar-refractivity contribution < 1.29 is 24.2 Å². The molecule has 5 atom stereocenters. The largest absolute Gasteiger partial charge is 0.466 e. The number of carbonyl (C=O) groups is 3. The number of thioether (sulfide) groups is 1. The zero-order valence-electron chi connectivity index (χ0n) is 18.1. The number of likely N-dealkylation sites (tertiary alicyclic amines) is 1. The second kappa shape index (κ2) is 9.61. The highest BCUT2D eigenvalue weighted by Crippen LogP contribution is 2.66. The molecule has 174 valence electrons. The van der Waals surface area contributed by atoms with E-state index in [4.69, 9.17) is 21.4 Å². The van der Waals surface area contributed by atoms with Gasteiger partial charge in [0, 0.05) is 29.1 Å². The van der Waals surface area contributed by atoms with Crippen LogP contribution in [-0.2, 0) is 19.1 Å². The van der Waals surface area contributed by atoms with Gasteiger partial charge in [-0.3, -0.25) is 14.4 Å². The predicted octanol–water partition coefficient (Wildman–Crippen LogP) is 3.10. The fourth-order valence-corrected chi connectivity index (χ4v) is 7.85. The number of aliphatic hydroxyl groups is 1. The Labute approximate surface area is 197 Å². The Bertz CT molecular complexity index is 882. The molecule has 4 rings (SSSR count). The zero-order valence-corrected chi connectivity index (χ0v) is 19.7. The molecule has 0 saturated carbocycles. The summed E-state index contributed by atoms with van der Waals surface area (Å²) in [4.78, 5) is 41.6. The number of aliphatic hydroxyl groups excluding tert-OH is 1. The molecular formula is C23H29ClN2O5S. The van der Waals surface area contributed by atoms with E-state index in [9.17, 15) is 14.4 Å². The number of nitrogens with zero attached hydrogens (tertiary/aromatic N) is 1. The van der Waals surface area contributed by atoms with E-state index in [1.807, 2.05) is 0 Å². The number of amides is 2. The first-order valence-electron chi connectivity index (χ1n) is 11.2. The lowest BCUT2D eigenvalue weighted by atomic mass is 9.71. The Balaban J connectivity index is 1.63. The Morgan fingerprint density at radius 1 is 1.28 bits per heavy atom. The van der Waals surface area contributed by atoms with Gasteiger partial charge in [-0.25, -0.2) is 0 Å². The monoisotopic (exact) mass is 480 g/mol. The summed E-state index contributed by atoms with van der Waals surface area (Å²) in [6.45, 7) is 2.56. The van der Waals surface area contributed by atoms with Crippen molar-refractivity contribution in [2.24, 2.45) is 11.8 Å². The summed E-state index contributed by atoms with van der Waals surface area (Å²) in [7, 11) is 0. The van der Waals surface area contributed by atoms with Crippen LogP contribution >= 0.6 is 23.4 Å². The molecule has 2 bridgehead atoms. The molecule has 3 aliphatic heterocycles. The maximum Gasteiger partial charge on any atom is 0.310 e. The molecule has 1 aromatic rings. The summed E-state index contributed by atoms with van der Waals surface area (Å²) < 4.78 is 4.70. The average molecular weight is 481 g/mol. The van der Waals surface area contributed by atoms with E-state index in [1.54, 1.807) is 47.9 Å². The van der Waals surface area contributed by atoms with Crippen LogP contribution in [0.25, 0.3) is 0 Å². The maximum atomic E-state index is 13.6. The number of esters is 1. The molecule has 2 unspecified atom stereocenters. The van der Waals surface area contributed by atoms with E-state index in [0.717, 1.165) is 19.3 Å². The Kier molecular flexibility index (Phi) is 7.03. The summed E-state index contributed by atoms with van der Waals surface area (Å²) in [5.74, 6) is -1.73. The summed E-state index contributed by atoms with van der Waals surface area (Å²) in [6, 6.07) is 6.23. The standard InChI is InChI=1S/C23H29ClN2O5S/c1-2-31-22(30)17-16-10-11-23(32-16)18(17)21(29)26(12-4-3-5-13-27)19(23)20(28)25-15-8-6-14(24)7-9-15/h6-9,16-19,27H,2-5,10-13H2,1H3,(H,25,28)/t16-,17+,18-,19?,23?/m0/s1. The molecule has 0 aromatic heterocycles. The van der Waals surface area contributed by atoms with Gasteiger partial charge in [0.15, 0.2) is 0 Å². The molecule has 3 aliphatic rings. The van der Waals surface area contributed by atoms with Crippen LogP contribution in [0.1, 0.15) is 39.0 Å². The highest BCUT2D eigenvalue weighted by Gasteiger charge is 2.73. The molecule has 1 spiro atoms. The van der Waals surface area contributed by atoms with Gasteiger partial charge in [0.1, 0.15) is 6.04 Å². The number of rotatable bonds is 9.